The fraction of sp³-hybridized carbons (Fsp3) is 0.520. The van der Waals surface area contributed by atoms with Crippen LogP contribution >= 0.6 is 0 Å². The fourth-order valence-corrected chi connectivity index (χ4v) is 3.73. The van der Waals surface area contributed by atoms with E-state index in [1.54, 1.807) is 0 Å². The molecule has 3 N–H and O–H groups in total. The third-order valence-electron chi connectivity index (χ3n) is 5.28. The lowest BCUT2D eigenvalue weighted by molar-refractivity contribution is 0.716. The van der Waals surface area contributed by atoms with Crippen LogP contribution in [0.1, 0.15) is 67.3 Å². The summed E-state index contributed by atoms with van der Waals surface area (Å²) in [4.78, 5) is 0. The Labute approximate surface area is 172 Å². The highest BCUT2D eigenvalue weighted by molar-refractivity contribution is 5.61. The van der Waals surface area contributed by atoms with E-state index < -0.39 is 0 Å². The number of rotatable bonds is 10. The minimum atomic E-state index is 0.523. The van der Waals surface area contributed by atoms with Crippen LogP contribution in [0.4, 0.5) is 11.4 Å². The summed E-state index contributed by atoms with van der Waals surface area (Å²) in [5.41, 5.74) is 9.44. The van der Waals surface area contributed by atoms with E-state index in [2.05, 4.69) is 94.7 Å². The van der Waals surface area contributed by atoms with Crippen molar-refractivity contribution in [2.75, 3.05) is 36.8 Å². The van der Waals surface area contributed by atoms with Crippen molar-refractivity contribution in [1.82, 2.24) is 5.32 Å². The highest BCUT2D eigenvalue weighted by Crippen LogP contribution is 2.33. The number of hydrogen-bond acceptors (Lipinski definition) is 3. The highest BCUT2D eigenvalue weighted by atomic mass is 15.0. The third-order valence-corrected chi connectivity index (χ3v) is 5.28. The summed E-state index contributed by atoms with van der Waals surface area (Å²) in [7, 11) is 0. The molecule has 0 heterocycles. The van der Waals surface area contributed by atoms with Gasteiger partial charge in [-0.25, -0.2) is 0 Å². The molecule has 0 amide bonds. The molecule has 0 aliphatic rings. The first-order valence-electron chi connectivity index (χ1n) is 10.7. The number of anilines is 2. The van der Waals surface area contributed by atoms with Crippen LogP contribution in [0.2, 0.25) is 0 Å². The minimum absolute atomic E-state index is 0.523. The lowest BCUT2D eigenvalue weighted by atomic mass is 9.90. The maximum atomic E-state index is 3.72. The summed E-state index contributed by atoms with van der Waals surface area (Å²) in [5, 5.41) is 10.8. The quantitative estimate of drug-likeness (QED) is 0.444. The van der Waals surface area contributed by atoms with Crippen LogP contribution < -0.4 is 16.0 Å². The van der Waals surface area contributed by atoms with Gasteiger partial charge in [0.05, 0.1) is 0 Å². The summed E-state index contributed by atoms with van der Waals surface area (Å²) in [6.45, 7) is 19.4. The number of para-hydroxylation sites is 1. The monoisotopic (exact) mass is 381 g/mol. The molecule has 0 saturated heterocycles. The first kappa shape index (κ1) is 22.3. The average molecular weight is 382 g/mol. The Morgan fingerprint density at radius 3 is 1.61 bits per heavy atom. The van der Waals surface area contributed by atoms with Crippen LogP contribution in [-0.2, 0) is 0 Å². The minimum Gasteiger partial charge on any atom is -0.383 e. The molecule has 2 aromatic rings. The Morgan fingerprint density at radius 2 is 1.14 bits per heavy atom. The predicted molar refractivity (Wildman–Crippen MR) is 125 cm³/mol. The van der Waals surface area contributed by atoms with E-state index >= 15 is 0 Å². The summed E-state index contributed by atoms with van der Waals surface area (Å²) >= 11 is 0. The van der Waals surface area contributed by atoms with E-state index in [0.717, 1.165) is 26.2 Å². The average Bonchev–Trinajstić information content (AvgIpc) is 2.63. The molecule has 154 valence electrons. The van der Waals surface area contributed by atoms with Gasteiger partial charge < -0.3 is 16.0 Å². The Kier molecular flexibility index (Phi) is 8.37. The van der Waals surface area contributed by atoms with Crippen molar-refractivity contribution in [3.63, 3.8) is 0 Å². The summed E-state index contributed by atoms with van der Waals surface area (Å²) in [5.74, 6) is 1.05. The Hall–Kier alpha value is -2.00. The second kappa shape index (κ2) is 10.5. The van der Waals surface area contributed by atoms with E-state index in [9.17, 15) is 0 Å². The molecule has 3 nitrogen and oxygen atoms in total. The Bertz CT molecular complexity index is 713. The Morgan fingerprint density at radius 1 is 0.679 bits per heavy atom. The zero-order chi connectivity index (χ0) is 20.7. The summed E-state index contributed by atoms with van der Waals surface area (Å²) in [6.07, 6.45) is 0. The molecule has 3 heteroatoms. The van der Waals surface area contributed by atoms with Crippen molar-refractivity contribution in [2.45, 2.75) is 60.3 Å². The standard InChI is InChI=1S/C25H39N3/c1-17(2)22-15-19(5)16-23(18(3)4)25(22)28-14-12-26-11-13-27-24-20(6)9-8-10-21(24)7/h8-10,15-18,26-28H,11-14H2,1-7H3. The van der Waals surface area contributed by atoms with Crippen LogP contribution in [0, 0.1) is 20.8 Å². The van der Waals surface area contributed by atoms with Crippen molar-refractivity contribution in [1.29, 1.82) is 0 Å². The molecule has 0 atom stereocenters. The van der Waals surface area contributed by atoms with Gasteiger partial charge in [0.2, 0.25) is 0 Å². The first-order valence-corrected chi connectivity index (χ1v) is 10.7. The van der Waals surface area contributed by atoms with Gasteiger partial charge in [-0.15, -0.1) is 0 Å². The van der Waals surface area contributed by atoms with E-state index in [1.807, 2.05) is 0 Å². The maximum absolute atomic E-state index is 3.72. The summed E-state index contributed by atoms with van der Waals surface area (Å²) in [6, 6.07) is 11.1. The van der Waals surface area contributed by atoms with Crippen LogP contribution in [-0.4, -0.2) is 26.2 Å². The highest BCUT2D eigenvalue weighted by Gasteiger charge is 2.14. The number of benzene rings is 2. The second-order valence-electron chi connectivity index (χ2n) is 8.50. The number of hydrogen-bond donors (Lipinski definition) is 3. The van der Waals surface area contributed by atoms with Gasteiger partial charge in [0.15, 0.2) is 0 Å². The zero-order valence-electron chi connectivity index (χ0n) is 18.9. The van der Waals surface area contributed by atoms with Crippen molar-refractivity contribution in [3.05, 3.63) is 58.1 Å². The van der Waals surface area contributed by atoms with E-state index in [-0.39, 0.29) is 0 Å². The van der Waals surface area contributed by atoms with Crippen molar-refractivity contribution < 1.29 is 0 Å². The van der Waals surface area contributed by atoms with Crippen molar-refractivity contribution in [2.24, 2.45) is 0 Å². The second-order valence-corrected chi connectivity index (χ2v) is 8.50. The molecule has 28 heavy (non-hydrogen) atoms. The van der Waals surface area contributed by atoms with Crippen LogP contribution in [0.5, 0.6) is 0 Å². The van der Waals surface area contributed by atoms with Gasteiger partial charge in [-0.05, 0) is 54.9 Å². The SMILES string of the molecule is Cc1cc(C(C)C)c(NCCNCCNc2c(C)cccc2C)c(C(C)C)c1. The lowest BCUT2D eigenvalue weighted by Gasteiger charge is -2.22. The maximum Gasteiger partial charge on any atom is 0.0411 e. The molecule has 0 radical (unpaired) electrons. The van der Waals surface area contributed by atoms with Crippen LogP contribution in [0.3, 0.4) is 0 Å². The van der Waals surface area contributed by atoms with E-state index in [4.69, 9.17) is 0 Å². The molecule has 2 aromatic carbocycles. The molecular weight excluding hydrogens is 342 g/mol. The molecule has 2 rings (SSSR count). The topological polar surface area (TPSA) is 36.1 Å². The smallest absolute Gasteiger partial charge is 0.0411 e. The molecule has 0 bridgehead atoms. The fourth-order valence-electron chi connectivity index (χ4n) is 3.73. The normalized spacial score (nSPS) is 11.3. The van der Waals surface area contributed by atoms with Gasteiger partial charge in [0, 0.05) is 37.6 Å². The molecule has 0 aromatic heterocycles. The molecule has 0 spiro atoms. The molecule has 0 fully saturated rings. The summed E-state index contributed by atoms with van der Waals surface area (Å²) < 4.78 is 0. The van der Waals surface area contributed by atoms with Gasteiger partial charge in [-0.2, -0.15) is 0 Å². The molecular formula is C25H39N3. The van der Waals surface area contributed by atoms with E-state index in [1.165, 1.54) is 39.2 Å². The molecule has 0 saturated carbocycles. The molecule has 0 aliphatic heterocycles. The third kappa shape index (κ3) is 6.00. The largest absolute Gasteiger partial charge is 0.383 e. The van der Waals surface area contributed by atoms with Crippen LogP contribution in [0.15, 0.2) is 30.3 Å². The van der Waals surface area contributed by atoms with Gasteiger partial charge >= 0.3 is 0 Å². The molecule has 0 unspecified atom stereocenters. The van der Waals surface area contributed by atoms with Crippen molar-refractivity contribution in [3.8, 4) is 0 Å². The van der Waals surface area contributed by atoms with Crippen molar-refractivity contribution >= 4 is 11.4 Å². The lowest BCUT2D eigenvalue weighted by Crippen LogP contribution is -2.28. The number of nitrogens with one attached hydrogen (secondary N) is 3. The van der Waals surface area contributed by atoms with Crippen LogP contribution in [0.25, 0.3) is 0 Å². The van der Waals surface area contributed by atoms with Gasteiger partial charge in [-0.1, -0.05) is 63.6 Å². The Balaban J connectivity index is 1.84. The van der Waals surface area contributed by atoms with E-state index in [0.29, 0.717) is 11.8 Å². The predicted octanol–water partition coefficient (Wildman–Crippen LogP) is 5.97. The molecule has 0 aliphatic carbocycles. The van der Waals surface area contributed by atoms with Gasteiger partial charge in [-0.3, -0.25) is 0 Å². The van der Waals surface area contributed by atoms with Gasteiger partial charge in [0.25, 0.3) is 0 Å². The zero-order valence-corrected chi connectivity index (χ0v) is 18.9. The van der Waals surface area contributed by atoms with Gasteiger partial charge in [0.1, 0.15) is 0 Å². The first-order chi connectivity index (χ1) is 13.3. The number of aryl methyl sites for hydroxylation is 3.